The fourth-order valence-corrected chi connectivity index (χ4v) is 4.21. The summed E-state index contributed by atoms with van der Waals surface area (Å²) in [5.41, 5.74) is 3.51. The van der Waals surface area contributed by atoms with Gasteiger partial charge in [0, 0.05) is 34.7 Å². The predicted octanol–water partition coefficient (Wildman–Crippen LogP) is 5.50. The van der Waals surface area contributed by atoms with Gasteiger partial charge < -0.3 is 9.47 Å². The predicted molar refractivity (Wildman–Crippen MR) is 117 cm³/mol. The Morgan fingerprint density at radius 1 is 1.16 bits per heavy atom. The summed E-state index contributed by atoms with van der Waals surface area (Å²) in [6.07, 6.45) is 0.0726. The van der Waals surface area contributed by atoms with Gasteiger partial charge in [-0.2, -0.15) is 5.10 Å². The van der Waals surface area contributed by atoms with E-state index in [4.69, 9.17) is 26.2 Å². The number of non-ortho nitro benzene ring substituents is 1. The summed E-state index contributed by atoms with van der Waals surface area (Å²) >= 11 is 6.26. The minimum Gasteiger partial charge on any atom is -0.497 e. The van der Waals surface area contributed by atoms with Gasteiger partial charge in [0.2, 0.25) is 6.23 Å². The first-order valence-electron chi connectivity index (χ1n) is 9.74. The largest absolute Gasteiger partial charge is 0.497 e. The average Bonchev–Trinajstić information content (AvgIpc) is 3.24. The van der Waals surface area contributed by atoms with Gasteiger partial charge in [0.15, 0.2) is 0 Å². The molecule has 0 saturated heterocycles. The Kier molecular flexibility index (Phi) is 4.75. The number of hydrazone groups is 1. The van der Waals surface area contributed by atoms with Crippen LogP contribution in [0.3, 0.4) is 0 Å². The topological polar surface area (TPSA) is 77.2 Å². The van der Waals surface area contributed by atoms with Crippen LogP contribution in [-0.2, 0) is 0 Å². The summed E-state index contributed by atoms with van der Waals surface area (Å²) in [6, 6.07) is 19.6. The zero-order valence-electron chi connectivity index (χ0n) is 16.6. The summed E-state index contributed by atoms with van der Waals surface area (Å²) in [7, 11) is 1.63. The number of hydrogen-bond acceptors (Lipinski definition) is 6. The number of halogens is 1. The lowest BCUT2D eigenvalue weighted by molar-refractivity contribution is -0.385. The van der Waals surface area contributed by atoms with Crippen LogP contribution in [-0.4, -0.2) is 22.8 Å². The summed E-state index contributed by atoms with van der Waals surface area (Å²) in [4.78, 5) is 10.9. The molecule has 0 N–H and O–H groups in total. The Balaban J connectivity index is 1.58. The van der Waals surface area contributed by atoms with Crippen molar-refractivity contribution in [2.45, 2.75) is 18.7 Å². The molecule has 2 unspecified atom stereocenters. The second kappa shape index (κ2) is 7.59. The summed E-state index contributed by atoms with van der Waals surface area (Å²) in [6.45, 7) is 0. The second-order valence-electron chi connectivity index (χ2n) is 7.38. The van der Waals surface area contributed by atoms with Gasteiger partial charge in [0.05, 0.1) is 23.8 Å². The Morgan fingerprint density at radius 2 is 1.97 bits per heavy atom. The van der Waals surface area contributed by atoms with Crippen LogP contribution in [0.2, 0.25) is 5.02 Å². The van der Waals surface area contributed by atoms with E-state index in [-0.39, 0.29) is 11.7 Å². The molecule has 2 aliphatic heterocycles. The molecule has 0 fully saturated rings. The van der Waals surface area contributed by atoms with Crippen LogP contribution in [0, 0.1) is 10.1 Å². The molecule has 0 aliphatic carbocycles. The molecular weight excluding hydrogens is 418 g/mol. The van der Waals surface area contributed by atoms with Gasteiger partial charge in [0.25, 0.3) is 5.69 Å². The van der Waals surface area contributed by atoms with Crippen LogP contribution in [0.5, 0.6) is 11.5 Å². The fourth-order valence-electron chi connectivity index (χ4n) is 4.03. The molecule has 0 amide bonds. The molecule has 0 saturated carbocycles. The van der Waals surface area contributed by atoms with Gasteiger partial charge in [-0.25, -0.2) is 5.01 Å². The van der Waals surface area contributed by atoms with E-state index in [0.29, 0.717) is 22.8 Å². The highest BCUT2D eigenvalue weighted by Gasteiger charge is 2.41. The normalized spacial score (nSPS) is 19.2. The quantitative estimate of drug-likeness (QED) is 0.399. The molecule has 5 rings (SSSR count). The molecule has 2 atom stereocenters. The van der Waals surface area contributed by atoms with E-state index in [1.807, 2.05) is 47.5 Å². The number of ether oxygens (including phenoxy) is 2. The highest BCUT2D eigenvalue weighted by molar-refractivity contribution is 6.30. The maximum absolute atomic E-state index is 11.3. The summed E-state index contributed by atoms with van der Waals surface area (Å²) in [5, 5.41) is 18.6. The van der Waals surface area contributed by atoms with Gasteiger partial charge in [-0.05, 0) is 48.0 Å². The average molecular weight is 436 g/mol. The van der Waals surface area contributed by atoms with Crippen molar-refractivity contribution in [2.75, 3.05) is 7.11 Å². The first kappa shape index (κ1) is 19.4. The summed E-state index contributed by atoms with van der Waals surface area (Å²) < 4.78 is 11.5. The van der Waals surface area contributed by atoms with Crippen molar-refractivity contribution >= 4 is 23.0 Å². The molecule has 0 aromatic heterocycles. The molecule has 3 aromatic carbocycles. The Hall–Kier alpha value is -3.58. The molecule has 7 nitrogen and oxygen atoms in total. The van der Waals surface area contributed by atoms with Crippen molar-refractivity contribution in [1.29, 1.82) is 0 Å². The third-order valence-electron chi connectivity index (χ3n) is 5.54. The first-order valence-corrected chi connectivity index (χ1v) is 10.1. The van der Waals surface area contributed by atoms with Crippen molar-refractivity contribution in [2.24, 2.45) is 5.10 Å². The number of nitrogens with zero attached hydrogens (tertiary/aromatic N) is 3. The lowest BCUT2D eigenvalue weighted by Crippen LogP contribution is -2.33. The zero-order valence-corrected chi connectivity index (χ0v) is 17.3. The monoisotopic (exact) mass is 435 g/mol. The first-order chi connectivity index (χ1) is 15.0. The Bertz CT molecular complexity index is 1200. The van der Waals surface area contributed by atoms with Crippen LogP contribution < -0.4 is 9.47 Å². The number of hydrogen-bond donors (Lipinski definition) is 0. The smallest absolute Gasteiger partial charge is 0.269 e. The molecule has 31 heavy (non-hydrogen) atoms. The molecule has 2 heterocycles. The Morgan fingerprint density at radius 3 is 2.71 bits per heavy atom. The molecule has 0 bridgehead atoms. The van der Waals surface area contributed by atoms with E-state index in [9.17, 15) is 10.1 Å². The number of methoxy groups -OCH3 is 1. The van der Waals surface area contributed by atoms with Crippen LogP contribution in [0.15, 0.2) is 71.8 Å². The van der Waals surface area contributed by atoms with Gasteiger partial charge in [-0.1, -0.05) is 23.7 Å². The molecule has 156 valence electrons. The lowest BCUT2D eigenvalue weighted by Gasteiger charge is -2.38. The molecule has 8 heteroatoms. The maximum Gasteiger partial charge on any atom is 0.269 e. The van der Waals surface area contributed by atoms with Crippen LogP contribution in [0.4, 0.5) is 5.69 Å². The summed E-state index contributed by atoms with van der Waals surface area (Å²) in [5.74, 6) is 1.48. The number of nitro benzene ring substituents is 1. The van der Waals surface area contributed by atoms with Gasteiger partial charge in [-0.3, -0.25) is 10.1 Å². The highest BCUT2D eigenvalue weighted by Crippen LogP contribution is 2.48. The van der Waals surface area contributed by atoms with Crippen molar-refractivity contribution in [1.82, 2.24) is 5.01 Å². The van der Waals surface area contributed by atoms with E-state index in [1.165, 1.54) is 12.1 Å². The third-order valence-corrected chi connectivity index (χ3v) is 5.78. The van der Waals surface area contributed by atoms with Crippen LogP contribution in [0.1, 0.15) is 35.4 Å². The van der Waals surface area contributed by atoms with Crippen molar-refractivity contribution < 1.29 is 14.4 Å². The van der Waals surface area contributed by atoms with Crippen LogP contribution in [0.25, 0.3) is 0 Å². The minimum atomic E-state index is -0.589. The standard InChI is InChI=1S/C23H18ClN3O4/c1-30-18-8-5-14(6-9-18)20-13-21-19-12-16(24)7-10-22(19)31-23(26(21)25-20)15-3-2-4-17(11-15)27(28)29/h2-12,21,23H,13H2,1H3. The van der Waals surface area contributed by atoms with E-state index < -0.39 is 11.2 Å². The van der Waals surface area contributed by atoms with Crippen molar-refractivity contribution in [3.8, 4) is 11.5 Å². The minimum absolute atomic E-state index is 0.0121. The molecule has 2 aliphatic rings. The molecule has 3 aromatic rings. The number of benzene rings is 3. The van der Waals surface area contributed by atoms with E-state index in [1.54, 1.807) is 19.2 Å². The third kappa shape index (κ3) is 3.47. The van der Waals surface area contributed by atoms with Crippen molar-refractivity contribution in [3.63, 3.8) is 0 Å². The van der Waals surface area contributed by atoms with Gasteiger partial charge >= 0.3 is 0 Å². The Labute approximate surface area is 183 Å². The van der Waals surface area contributed by atoms with E-state index in [2.05, 4.69) is 0 Å². The molecule has 0 radical (unpaired) electrons. The van der Waals surface area contributed by atoms with Crippen LogP contribution >= 0.6 is 11.6 Å². The number of rotatable bonds is 4. The zero-order chi connectivity index (χ0) is 21.5. The van der Waals surface area contributed by atoms with Gasteiger partial charge in [0.1, 0.15) is 11.5 Å². The lowest BCUT2D eigenvalue weighted by atomic mass is 9.96. The molecular formula is C23H18ClN3O4. The molecule has 0 spiro atoms. The SMILES string of the molecule is COc1ccc(C2=NN3C(C2)c2cc(Cl)ccc2OC3c2cccc([N+](=O)[O-])c2)cc1. The van der Waals surface area contributed by atoms with Gasteiger partial charge in [-0.15, -0.1) is 0 Å². The number of nitro groups is 1. The van der Waals surface area contributed by atoms with Crippen molar-refractivity contribution in [3.05, 3.63) is 98.6 Å². The number of fused-ring (bicyclic) bond motifs is 3. The van der Waals surface area contributed by atoms with E-state index in [0.717, 1.165) is 22.6 Å². The second-order valence-corrected chi connectivity index (χ2v) is 7.82. The maximum atomic E-state index is 11.3. The van der Waals surface area contributed by atoms with E-state index >= 15 is 0 Å². The highest BCUT2D eigenvalue weighted by atomic mass is 35.5. The fraction of sp³-hybridized carbons (Fsp3) is 0.174.